The molecule has 5 rings (SSSR count). The Bertz CT molecular complexity index is 1330. The molecule has 2 aromatic carbocycles. The van der Waals surface area contributed by atoms with Gasteiger partial charge in [0.15, 0.2) is 0 Å². The minimum Gasteiger partial charge on any atom is -0.436 e. The van der Waals surface area contributed by atoms with E-state index in [0.717, 1.165) is 31.2 Å². The molecule has 1 aliphatic carbocycles. The van der Waals surface area contributed by atoms with Crippen molar-refractivity contribution < 1.29 is 9.53 Å². The number of hydrogen-bond donors (Lipinski definition) is 1. The number of aromatic nitrogens is 4. The number of hydrogen-bond acceptors (Lipinski definition) is 5. The highest BCUT2D eigenvalue weighted by atomic mass is 16.5. The zero-order valence-corrected chi connectivity index (χ0v) is 18.0. The van der Waals surface area contributed by atoms with E-state index >= 15 is 0 Å². The molecule has 2 aromatic heterocycles. The van der Waals surface area contributed by atoms with Gasteiger partial charge in [-0.25, -0.2) is 18.9 Å². The first-order valence-corrected chi connectivity index (χ1v) is 11.0. The third-order valence-corrected chi connectivity index (χ3v) is 5.87. The number of ether oxygens (including phenoxy) is 1. The Morgan fingerprint density at radius 1 is 1.09 bits per heavy atom. The molecular weight excluding hydrogens is 406 g/mol. The summed E-state index contributed by atoms with van der Waals surface area (Å²) >= 11 is 0. The summed E-state index contributed by atoms with van der Waals surface area (Å²) in [6.07, 6.45) is 5.42. The molecule has 0 aliphatic heterocycles. The summed E-state index contributed by atoms with van der Waals surface area (Å²) in [5, 5.41) is 7.47. The maximum atomic E-state index is 13.2. The number of carbonyl (C=O) groups excluding carboxylic acids is 1. The van der Waals surface area contributed by atoms with E-state index in [9.17, 15) is 9.59 Å². The van der Waals surface area contributed by atoms with E-state index in [1.165, 1.54) is 15.5 Å². The van der Waals surface area contributed by atoms with Gasteiger partial charge in [-0.15, -0.1) is 5.10 Å². The summed E-state index contributed by atoms with van der Waals surface area (Å²) < 4.78 is 8.64. The van der Waals surface area contributed by atoms with E-state index in [2.05, 4.69) is 15.4 Å². The van der Waals surface area contributed by atoms with E-state index in [-0.39, 0.29) is 30.0 Å². The highest BCUT2D eigenvalue weighted by Crippen LogP contribution is 2.26. The predicted molar refractivity (Wildman–Crippen MR) is 121 cm³/mol. The molecule has 2 heterocycles. The molecule has 0 radical (unpaired) electrons. The van der Waals surface area contributed by atoms with Crippen LogP contribution in [0.15, 0.2) is 53.3 Å². The summed E-state index contributed by atoms with van der Waals surface area (Å²) in [6.45, 7) is 1.85. The van der Waals surface area contributed by atoms with Gasteiger partial charge in [0.1, 0.15) is 12.3 Å². The lowest BCUT2D eigenvalue weighted by Crippen LogP contribution is -2.40. The van der Waals surface area contributed by atoms with Gasteiger partial charge in [-0.1, -0.05) is 49.1 Å². The highest BCUT2D eigenvalue weighted by molar-refractivity contribution is 5.80. The first-order chi connectivity index (χ1) is 15.6. The van der Waals surface area contributed by atoms with Crippen LogP contribution in [0.1, 0.15) is 37.7 Å². The van der Waals surface area contributed by atoms with E-state index in [4.69, 9.17) is 4.74 Å². The zero-order chi connectivity index (χ0) is 22.1. The molecule has 1 fully saturated rings. The number of benzene rings is 2. The number of para-hydroxylation sites is 2. The van der Waals surface area contributed by atoms with Crippen molar-refractivity contribution >= 4 is 22.6 Å². The number of aryl methyl sites for hydroxylation is 1. The monoisotopic (exact) mass is 431 g/mol. The van der Waals surface area contributed by atoms with Gasteiger partial charge in [0.05, 0.1) is 11.0 Å². The van der Waals surface area contributed by atoms with Gasteiger partial charge >= 0.3 is 5.69 Å². The number of carbonyl (C=O) groups is 1. The molecule has 0 saturated heterocycles. The van der Waals surface area contributed by atoms with Crippen LogP contribution in [-0.4, -0.2) is 31.1 Å². The van der Waals surface area contributed by atoms with E-state index in [0.29, 0.717) is 16.8 Å². The van der Waals surface area contributed by atoms with Crippen molar-refractivity contribution in [1.82, 2.24) is 24.5 Å². The standard InChI is InChI=1S/C24H25N5O3/c1-16-11-13-18(14-12-16)32-23-22-27-28(15-21(30)25-17-7-3-2-4-8-17)24(31)29(22)20-10-6-5-9-19(20)26-23/h5-6,9-14,17H,2-4,7-8,15H2,1H3,(H,25,30). The first kappa shape index (κ1) is 20.2. The number of nitrogens with one attached hydrogen (secondary N) is 1. The largest absolute Gasteiger partial charge is 0.436 e. The Balaban J connectivity index is 1.53. The Morgan fingerprint density at radius 3 is 2.62 bits per heavy atom. The number of amides is 1. The van der Waals surface area contributed by atoms with Gasteiger partial charge in [0.2, 0.25) is 11.6 Å². The second-order valence-electron chi connectivity index (χ2n) is 8.32. The lowest BCUT2D eigenvalue weighted by Gasteiger charge is -2.22. The molecule has 1 aliphatic rings. The van der Waals surface area contributed by atoms with Crippen molar-refractivity contribution in [2.45, 2.75) is 51.6 Å². The molecule has 8 heteroatoms. The third kappa shape index (κ3) is 3.95. The van der Waals surface area contributed by atoms with Crippen molar-refractivity contribution in [3.05, 3.63) is 64.6 Å². The lowest BCUT2D eigenvalue weighted by molar-refractivity contribution is -0.122. The first-order valence-electron chi connectivity index (χ1n) is 11.0. The average Bonchev–Trinajstić information content (AvgIpc) is 3.12. The summed E-state index contributed by atoms with van der Waals surface area (Å²) in [5.74, 6) is 0.606. The molecule has 0 spiro atoms. The SMILES string of the molecule is Cc1ccc(Oc2nc3ccccc3n3c(=O)n(CC(=O)NC4CCCCC4)nc23)cc1. The summed E-state index contributed by atoms with van der Waals surface area (Å²) in [6, 6.07) is 15.0. The normalized spacial score (nSPS) is 14.7. The van der Waals surface area contributed by atoms with E-state index in [1.54, 1.807) is 6.07 Å². The lowest BCUT2D eigenvalue weighted by atomic mass is 9.95. The van der Waals surface area contributed by atoms with Gasteiger partial charge in [0, 0.05) is 6.04 Å². The smallest absolute Gasteiger partial charge is 0.351 e. The van der Waals surface area contributed by atoms with Crippen LogP contribution < -0.4 is 15.7 Å². The van der Waals surface area contributed by atoms with Gasteiger partial charge in [-0.3, -0.25) is 4.79 Å². The maximum Gasteiger partial charge on any atom is 0.351 e. The van der Waals surface area contributed by atoms with Gasteiger partial charge in [-0.2, -0.15) is 0 Å². The molecule has 8 nitrogen and oxygen atoms in total. The van der Waals surface area contributed by atoms with Crippen molar-refractivity contribution in [2.75, 3.05) is 0 Å². The van der Waals surface area contributed by atoms with Crippen LogP contribution in [-0.2, 0) is 11.3 Å². The fourth-order valence-electron chi connectivity index (χ4n) is 4.22. The van der Waals surface area contributed by atoms with E-state index in [1.807, 2.05) is 49.4 Å². The molecule has 0 atom stereocenters. The fraction of sp³-hybridized carbons (Fsp3) is 0.333. The maximum absolute atomic E-state index is 13.2. The predicted octanol–water partition coefficient (Wildman–Crippen LogP) is 3.59. The van der Waals surface area contributed by atoms with Crippen LogP contribution in [0.4, 0.5) is 0 Å². The van der Waals surface area contributed by atoms with Crippen LogP contribution in [0, 0.1) is 6.92 Å². The van der Waals surface area contributed by atoms with Crippen LogP contribution in [0.25, 0.3) is 16.7 Å². The average molecular weight is 431 g/mol. The minimum absolute atomic E-state index is 0.144. The molecule has 4 aromatic rings. The molecule has 0 bridgehead atoms. The second-order valence-corrected chi connectivity index (χ2v) is 8.32. The number of fused-ring (bicyclic) bond motifs is 3. The summed E-state index contributed by atoms with van der Waals surface area (Å²) in [7, 11) is 0. The molecule has 0 unspecified atom stereocenters. The highest BCUT2D eigenvalue weighted by Gasteiger charge is 2.21. The Labute approximate surface area is 184 Å². The fourth-order valence-corrected chi connectivity index (χ4v) is 4.22. The molecule has 32 heavy (non-hydrogen) atoms. The minimum atomic E-state index is -0.397. The van der Waals surface area contributed by atoms with Gasteiger partial charge in [-0.05, 0) is 44.0 Å². The van der Waals surface area contributed by atoms with Crippen LogP contribution in [0.5, 0.6) is 11.6 Å². The van der Waals surface area contributed by atoms with Crippen molar-refractivity contribution in [3.8, 4) is 11.6 Å². The Kier molecular flexibility index (Phi) is 5.34. The van der Waals surface area contributed by atoms with Crippen molar-refractivity contribution in [1.29, 1.82) is 0 Å². The zero-order valence-electron chi connectivity index (χ0n) is 18.0. The van der Waals surface area contributed by atoms with Gasteiger partial charge in [0.25, 0.3) is 5.88 Å². The number of nitrogens with zero attached hydrogens (tertiary/aromatic N) is 4. The molecule has 1 saturated carbocycles. The van der Waals surface area contributed by atoms with Crippen molar-refractivity contribution in [2.24, 2.45) is 0 Å². The van der Waals surface area contributed by atoms with Crippen LogP contribution in [0.2, 0.25) is 0 Å². The Hall–Kier alpha value is -3.68. The molecule has 1 N–H and O–H groups in total. The molecule has 164 valence electrons. The summed E-state index contributed by atoms with van der Waals surface area (Å²) in [5.41, 5.74) is 2.21. The van der Waals surface area contributed by atoms with Crippen LogP contribution >= 0.6 is 0 Å². The van der Waals surface area contributed by atoms with Crippen LogP contribution in [0.3, 0.4) is 0 Å². The second kappa shape index (κ2) is 8.45. The van der Waals surface area contributed by atoms with Gasteiger partial charge < -0.3 is 10.1 Å². The quantitative estimate of drug-likeness (QED) is 0.521. The molecule has 1 amide bonds. The Morgan fingerprint density at radius 2 is 1.84 bits per heavy atom. The number of rotatable bonds is 5. The topological polar surface area (TPSA) is 90.5 Å². The summed E-state index contributed by atoms with van der Waals surface area (Å²) in [4.78, 5) is 30.4. The van der Waals surface area contributed by atoms with Crippen molar-refractivity contribution in [3.63, 3.8) is 0 Å². The third-order valence-electron chi connectivity index (χ3n) is 5.87. The van der Waals surface area contributed by atoms with E-state index < -0.39 is 5.69 Å². The molecular formula is C24H25N5O3.